The molecular formula is C29H33ClF3N3O3S. The zero-order chi connectivity index (χ0) is 29.4. The summed E-state index contributed by atoms with van der Waals surface area (Å²) in [5.74, 6) is -2.60. The predicted molar refractivity (Wildman–Crippen MR) is 151 cm³/mol. The minimum Gasteiger partial charge on any atom is -0.355 e. The Hall–Kier alpha value is -3.08. The van der Waals surface area contributed by atoms with Gasteiger partial charge in [0.25, 0.3) is 10.0 Å². The highest BCUT2D eigenvalue weighted by molar-refractivity contribution is 7.92. The van der Waals surface area contributed by atoms with Gasteiger partial charge in [-0.3, -0.25) is 9.10 Å². The van der Waals surface area contributed by atoms with Crippen LogP contribution < -0.4 is 9.62 Å². The third kappa shape index (κ3) is 7.77. The van der Waals surface area contributed by atoms with Crippen LogP contribution in [0.4, 0.5) is 18.9 Å². The number of rotatable bonds is 13. The number of halogens is 4. The van der Waals surface area contributed by atoms with E-state index in [1.807, 2.05) is 13.8 Å². The zero-order valence-corrected chi connectivity index (χ0v) is 24.2. The van der Waals surface area contributed by atoms with E-state index in [4.69, 9.17) is 11.6 Å². The maximum atomic E-state index is 15.0. The molecule has 1 atom stereocenters. The lowest BCUT2D eigenvalue weighted by Gasteiger charge is -2.32. The minimum absolute atomic E-state index is 0.0275. The van der Waals surface area contributed by atoms with Gasteiger partial charge in [-0.05, 0) is 86.1 Å². The van der Waals surface area contributed by atoms with Crippen molar-refractivity contribution in [1.29, 1.82) is 0 Å². The van der Waals surface area contributed by atoms with Gasteiger partial charge in [0.1, 0.15) is 17.5 Å². The molecule has 1 N–H and O–H groups in total. The van der Waals surface area contributed by atoms with Crippen molar-refractivity contribution in [3.63, 3.8) is 0 Å². The van der Waals surface area contributed by atoms with Crippen LogP contribution in [0.5, 0.6) is 0 Å². The lowest BCUT2D eigenvalue weighted by atomic mass is 9.97. The topological polar surface area (TPSA) is 69.7 Å². The van der Waals surface area contributed by atoms with Crippen molar-refractivity contribution in [3.05, 3.63) is 94.3 Å². The standard InChI is InChI=1S/C29H33ClF3N3O3S/c1-4-35(5-2)17-16-34-29(37)15-6-21-18-23(31)9-13-26(21)20(3)36(28-19-24(32)10-14-27(28)33)40(38,39)25-11-7-22(30)8-12-25/h7-14,18-20H,4-6,15-17H2,1-3H3,(H,34,37)/t20-/m1/s1. The molecule has 0 aromatic heterocycles. The molecule has 0 saturated heterocycles. The molecule has 3 aromatic carbocycles. The zero-order valence-electron chi connectivity index (χ0n) is 22.6. The van der Waals surface area contributed by atoms with Crippen molar-refractivity contribution in [2.75, 3.05) is 30.5 Å². The van der Waals surface area contributed by atoms with Gasteiger partial charge in [0.2, 0.25) is 5.91 Å². The second-order valence-corrected chi connectivity index (χ2v) is 11.5. The molecule has 0 unspecified atom stereocenters. The van der Waals surface area contributed by atoms with E-state index in [-0.39, 0.29) is 23.6 Å². The highest BCUT2D eigenvalue weighted by Crippen LogP contribution is 2.37. The minimum atomic E-state index is -4.45. The Morgan fingerprint density at radius 1 is 0.950 bits per heavy atom. The number of carbonyl (C=O) groups excluding carboxylic acids is 1. The molecule has 0 spiro atoms. The predicted octanol–water partition coefficient (Wildman–Crippen LogP) is 6.10. The number of nitrogens with one attached hydrogen (secondary N) is 1. The number of nitrogens with zero attached hydrogens (tertiary/aromatic N) is 2. The normalized spacial score (nSPS) is 12.4. The number of anilines is 1. The summed E-state index contributed by atoms with van der Waals surface area (Å²) >= 11 is 5.93. The van der Waals surface area contributed by atoms with E-state index in [2.05, 4.69) is 10.2 Å². The monoisotopic (exact) mass is 595 g/mol. The highest BCUT2D eigenvalue weighted by atomic mass is 35.5. The van der Waals surface area contributed by atoms with Crippen LogP contribution >= 0.6 is 11.6 Å². The summed E-state index contributed by atoms with van der Waals surface area (Å²) in [7, 11) is -4.45. The molecular weight excluding hydrogens is 563 g/mol. The fourth-order valence-corrected chi connectivity index (χ4v) is 6.24. The number of benzene rings is 3. The van der Waals surface area contributed by atoms with Crippen LogP contribution in [0.3, 0.4) is 0 Å². The maximum Gasteiger partial charge on any atom is 0.264 e. The van der Waals surface area contributed by atoms with Crippen LogP contribution in [0, 0.1) is 17.5 Å². The molecule has 0 aliphatic carbocycles. The van der Waals surface area contributed by atoms with Gasteiger partial charge in [-0.15, -0.1) is 0 Å². The highest BCUT2D eigenvalue weighted by Gasteiger charge is 2.33. The number of sulfonamides is 1. The maximum absolute atomic E-state index is 15.0. The Labute approximate surface area is 238 Å². The number of aryl methyl sites for hydroxylation is 1. The Morgan fingerprint density at radius 2 is 1.57 bits per heavy atom. The first-order valence-corrected chi connectivity index (χ1v) is 14.8. The molecule has 0 bridgehead atoms. The van der Waals surface area contributed by atoms with Gasteiger partial charge in [0, 0.05) is 30.6 Å². The molecule has 0 saturated carbocycles. The molecule has 0 radical (unpaired) electrons. The van der Waals surface area contributed by atoms with E-state index >= 15 is 4.39 Å². The molecule has 40 heavy (non-hydrogen) atoms. The summed E-state index contributed by atoms with van der Waals surface area (Å²) in [5, 5.41) is 3.14. The SMILES string of the molecule is CCN(CC)CCNC(=O)CCc1cc(F)ccc1[C@@H](C)N(c1cc(F)ccc1F)S(=O)(=O)c1ccc(Cl)cc1. The van der Waals surface area contributed by atoms with Gasteiger partial charge >= 0.3 is 0 Å². The molecule has 0 heterocycles. The van der Waals surface area contributed by atoms with E-state index in [9.17, 15) is 22.0 Å². The summed E-state index contributed by atoms with van der Waals surface area (Å²) in [6.07, 6.45) is 0.134. The first-order valence-electron chi connectivity index (χ1n) is 13.0. The number of amides is 1. The van der Waals surface area contributed by atoms with Crippen molar-refractivity contribution in [3.8, 4) is 0 Å². The van der Waals surface area contributed by atoms with Gasteiger partial charge in [-0.25, -0.2) is 21.6 Å². The average molecular weight is 596 g/mol. The van der Waals surface area contributed by atoms with Crippen molar-refractivity contribution < 1.29 is 26.4 Å². The van der Waals surface area contributed by atoms with E-state index < -0.39 is 39.2 Å². The first-order chi connectivity index (χ1) is 19.0. The number of carbonyl (C=O) groups is 1. The van der Waals surface area contributed by atoms with E-state index in [1.54, 1.807) is 0 Å². The lowest BCUT2D eigenvalue weighted by Crippen LogP contribution is -2.35. The molecule has 0 aliphatic heterocycles. The van der Waals surface area contributed by atoms with Gasteiger partial charge in [0.15, 0.2) is 0 Å². The van der Waals surface area contributed by atoms with Gasteiger partial charge < -0.3 is 10.2 Å². The van der Waals surface area contributed by atoms with Crippen molar-refractivity contribution in [2.24, 2.45) is 0 Å². The number of hydrogen-bond acceptors (Lipinski definition) is 4. The molecule has 6 nitrogen and oxygen atoms in total. The molecule has 0 aliphatic rings. The Bertz CT molecular complexity index is 1420. The summed E-state index contributed by atoms with van der Waals surface area (Å²) in [6, 6.07) is 10.5. The largest absolute Gasteiger partial charge is 0.355 e. The van der Waals surface area contributed by atoms with Crippen molar-refractivity contribution in [1.82, 2.24) is 10.2 Å². The van der Waals surface area contributed by atoms with Crippen LogP contribution in [0.25, 0.3) is 0 Å². The van der Waals surface area contributed by atoms with Gasteiger partial charge in [0.05, 0.1) is 16.6 Å². The third-order valence-electron chi connectivity index (χ3n) is 6.69. The third-order valence-corrected chi connectivity index (χ3v) is 8.84. The fraction of sp³-hybridized carbons (Fsp3) is 0.345. The Kier molecular flexibility index (Phi) is 11.0. The van der Waals surface area contributed by atoms with Crippen LogP contribution in [0.2, 0.25) is 5.02 Å². The van der Waals surface area contributed by atoms with Crippen LogP contribution in [0.15, 0.2) is 65.6 Å². The molecule has 1 amide bonds. The number of hydrogen-bond donors (Lipinski definition) is 1. The quantitative estimate of drug-likeness (QED) is 0.259. The average Bonchev–Trinajstić information content (AvgIpc) is 2.92. The van der Waals surface area contributed by atoms with Crippen molar-refractivity contribution >= 4 is 33.2 Å². The summed E-state index contributed by atoms with van der Waals surface area (Å²) in [5.41, 5.74) is 0.213. The van der Waals surface area contributed by atoms with Crippen LogP contribution in [-0.2, 0) is 21.2 Å². The lowest BCUT2D eigenvalue weighted by molar-refractivity contribution is -0.121. The molecule has 216 valence electrons. The van der Waals surface area contributed by atoms with E-state index in [1.165, 1.54) is 43.3 Å². The second-order valence-electron chi connectivity index (χ2n) is 9.25. The molecule has 3 aromatic rings. The van der Waals surface area contributed by atoms with Crippen LogP contribution in [-0.4, -0.2) is 45.4 Å². The molecule has 3 rings (SSSR count). The Morgan fingerprint density at radius 3 is 2.23 bits per heavy atom. The van der Waals surface area contributed by atoms with Gasteiger partial charge in [-0.1, -0.05) is 31.5 Å². The van der Waals surface area contributed by atoms with Crippen LogP contribution in [0.1, 0.15) is 44.4 Å². The summed E-state index contributed by atoms with van der Waals surface area (Å²) in [6.45, 7) is 8.43. The summed E-state index contributed by atoms with van der Waals surface area (Å²) < 4.78 is 72.1. The van der Waals surface area contributed by atoms with Crippen molar-refractivity contribution in [2.45, 2.75) is 44.6 Å². The van der Waals surface area contributed by atoms with E-state index in [0.717, 1.165) is 41.7 Å². The molecule has 11 heteroatoms. The fourth-order valence-electron chi connectivity index (χ4n) is 4.48. The molecule has 0 fully saturated rings. The van der Waals surface area contributed by atoms with E-state index in [0.29, 0.717) is 29.2 Å². The first kappa shape index (κ1) is 31.4. The van der Waals surface area contributed by atoms with Gasteiger partial charge in [-0.2, -0.15) is 0 Å². The smallest absolute Gasteiger partial charge is 0.264 e. The Balaban J connectivity index is 1.96. The number of likely N-dealkylation sites (N-methyl/N-ethyl adjacent to an activating group) is 1. The second kappa shape index (κ2) is 14.0. The summed E-state index contributed by atoms with van der Waals surface area (Å²) in [4.78, 5) is 14.5.